The van der Waals surface area contributed by atoms with Gasteiger partial charge in [0.05, 0.1) is 15.8 Å². The summed E-state index contributed by atoms with van der Waals surface area (Å²) in [6.45, 7) is 0. The Morgan fingerprint density at radius 1 is 1.33 bits per heavy atom. The summed E-state index contributed by atoms with van der Waals surface area (Å²) < 4.78 is 34.5. The van der Waals surface area contributed by atoms with Gasteiger partial charge in [0.1, 0.15) is 0 Å². The fraction of sp³-hybridized carbons (Fsp3) is 0.273. The Kier molecular flexibility index (Phi) is 8.07. The Morgan fingerprint density at radius 3 is 2.62 bits per heavy atom. The molecule has 0 radical (unpaired) electrons. The summed E-state index contributed by atoms with van der Waals surface area (Å²) >= 11 is 8.03. The molecule has 1 aromatic carbocycles. The molecule has 5 nitrogen and oxygen atoms in total. The summed E-state index contributed by atoms with van der Waals surface area (Å²) in [5.74, 6) is 0.184. The first kappa shape index (κ1) is 19.3. The molecule has 10 heteroatoms. The number of rotatable bonds is 6. The van der Waals surface area contributed by atoms with Crippen LogP contribution in [0.3, 0.4) is 0 Å². The number of para-hydroxylation sites is 1. The molecule has 0 atom stereocenters. The van der Waals surface area contributed by atoms with E-state index in [2.05, 4.69) is 5.10 Å². The summed E-state index contributed by atoms with van der Waals surface area (Å²) in [7, 11) is -4.13. The minimum atomic E-state index is -4.13. The van der Waals surface area contributed by atoms with Crippen molar-refractivity contribution in [3.63, 3.8) is 0 Å². The van der Waals surface area contributed by atoms with Crippen LogP contribution in [-0.2, 0) is 10.1 Å². The Labute approximate surface area is 158 Å². The van der Waals surface area contributed by atoms with Gasteiger partial charge >= 0.3 is 29.6 Å². The van der Waals surface area contributed by atoms with E-state index in [1.165, 1.54) is 23.1 Å². The molecule has 0 aliphatic heterocycles. The van der Waals surface area contributed by atoms with Crippen molar-refractivity contribution in [1.82, 2.24) is 9.78 Å². The van der Waals surface area contributed by atoms with Gasteiger partial charge in [-0.15, -0.1) is 5.10 Å². The van der Waals surface area contributed by atoms with Gasteiger partial charge in [0, 0.05) is 11.5 Å². The standard InChI is InChI=1S/C11H12N2O3S4.Na/c14-20(15,16)8-4-7-18-10-12-13(11(17)19-10)9-5-2-1-3-6-9;/h1-3,5-6H,4,7-8H2,(H,14,15,16);/q;+1/p-1. The molecule has 0 fully saturated rings. The summed E-state index contributed by atoms with van der Waals surface area (Å²) in [5.41, 5.74) is 0.891. The Balaban J connectivity index is 0.00000220. The van der Waals surface area contributed by atoms with Gasteiger partial charge in [0.2, 0.25) is 0 Å². The predicted octanol–water partition coefficient (Wildman–Crippen LogP) is -0.305. The van der Waals surface area contributed by atoms with E-state index in [1.54, 1.807) is 4.68 Å². The van der Waals surface area contributed by atoms with Gasteiger partial charge in [-0.3, -0.25) is 0 Å². The van der Waals surface area contributed by atoms with E-state index in [9.17, 15) is 13.0 Å². The van der Waals surface area contributed by atoms with Crippen molar-refractivity contribution in [2.45, 2.75) is 10.8 Å². The SMILES string of the molecule is O=S(=O)([O-])CCCSc1nn(-c2ccccc2)c(=S)s1.[Na+]. The number of thioether (sulfide) groups is 1. The minimum Gasteiger partial charge on any atom is -0.748 e. The predicted molar refractivity (Wildman–Crippen MR) is 82.2 cm³/mol. The maximum absolute atomic E-state index is 10.5. The van der Waals surface area contributed by atoms with Gasteiger partial charge in [-0.1, -0.05) is 41.3 Å². The molecule has 0 saturated heterocycles. The first-order valence-electron chi connectivity index (χ1n) is 5.68. The minimum absolute atomic E-state index is 0. The third kappa shape index (κ3) is 6.49. The quantitative estimate of drug-likeness (QED) is 0.228. The van der Waals surface area contributed by atoms with Gasteiger partial charge in [0.15, 0.2) is 8.29 Å². The van der Waals surface area contributed by atoms with Crippen molar-refractivity contribution >= 4 is 45.4 Å². The second kappa shape index (κ2) is 8.78. The molecule has 2 aromatic rings. The van der Waals surface area contributed by atoms with Gasteiger partial charge in [-0.2, -0.15) is 0 Å². The van der Waals surface area contributed by atoms with Gasteiger partial charge in [-0.25, -0.2) is 13.1 Å². The monoisotopic (exact) mass is 370 g/mol. The van der Waals surface area contributed by atoms with Crippen LogP contribution in [0.1, 0.15) is 6.42 Å². The fourth-order valence-electron chi connectivity index (χ4n) is 1.45. The topological polar surface area (TPSA) is 75.0 Å². The summed E-state index contributed by atoms with van der Waals surface area (Å²) in [5, 5.41) is 4.38. The molecule has 0 aliphatic rings. The first-order chi connectivity index (χ1) is 9.46. The van der Waals surface area contributed by atoms with Crippen LogP contribution in [0.15, 0.2) is 34.7 Å². The zero-order valence-electron chi connectivity index (χ0n) is 11.3. The largest absolute Gasteiger partial charge is 1.00 e. The van der Waals surface area contributed by atoms with E-state index in [-0.39, 0.29) is 35.3 Å². The van der Waals surface area contributed by atoms with Gasteiger partial charge in [0.25, 0.3) is 0 Å². The van der Waals surface area contributed by atoms with Gasteiger partial charge < -0.3 is 4.55 Å². The van der Waals surface area contributed by atoms with Crippen molar-refractivity contribution in [3.8, 4) is 5.69 Å². The molecule has 2 rings (SSSR count). The van der Waals surface area contributed by atoms with Crippen molar-refractivity contribution in [3.05, 3.63) is 34.3 Å². The second-order valence-electron chi connectivity index (χ2n) is 3.85. The number of aromatic nitrogens is 2. The fourth-order valence-corrected chi connectivity index (χ4v) is 4.50. The molecule has 0 unspecified atom stereocenters. The number of nitrogens with zero attached hydrogens (tertiary/aromatic N) is 2. The van der Waals surface area contributed by atoms with Crippen LogP contribution in [0.4, 0.5) is 0 Å². The zero-order valence-corrected chi connectivity index (χ0v) is 16.5. The van der Waals surface area contributed by atoms with E-state index < -0.39 is 10.1 Å². The van der Waals surface area contributed by atoms with Crippen molar-refractivity contribution in [1.29, 1.82) is 0 Å². The normalized spacial score (nSPS) is 11.1. The molecular formula is C11H11N2NaO3S4. The maximum atomic E-state index is 10.5. The van der Waals surface area contributed by atoms with Crippen LogP contribution < -0.4 is 29.6 Å². The molecule has 1 heterocycles. The second-order valence-corrected chi connectivity index (χ2v) is 8.33. The van der Waals surface area contributed by atoms with Gasteiger partial charge in [-0.05, 0) is 30.8 Å². The number of benzene rings is 1. The third-order valence-electron chi connectivity index (χ3n) is 2.29. The number of hydrogen-bond donors (Lipinski definition) is 0. The zero-order chi connectivity index (χ0) is 14.6. The third-order valence-corrected chi connectivity index (χ3v) is 5.53. The molecule has 1 aromatic heterocycles. The van der Waals surface area contributed by atoms with Crippen LogP contribution in [0, 0.1) is 3.95 Å². The van der Waals surface area contributed by atoms with Crippen LogP contribution in [0.2, 0.25) is 0 Å². The van der Waals surface area contributed by atoms with Crippen LogP contribution in [0.25, 0.3) is 5.69 Å². The van der Waals surface area contributed by atoms with E-state index in [4.69, 9.17) is 12.2 Å². The first-order valence-corrected chi connectivity index (χ1v) is 9.46. The number of hydrogen-bond acceptors (Lipinski definition) is 7. The van der Waals surface area contributed by atoms with Crippen LogP contribution >= 0.6 is 35.3 Å². The van der Waals surface area contributed by atoms with E-state index in [0.29, 0.717) is 16.1 Å². The summed E-state index contributed by atoms with van der Waals surface area (Å²) in [6, 6.07) is 9.55. The molecule has 21 heavy (non-hydrogen) atoms. The van der Waals surface area contributed by atoms with Crippen LogP contribution in [0.5, 0.6) is 0 Å². The Morgan fingerprint density at radius 2 is 2.00 bits per heavy atom. The van der Waals surface area contributed by atoms with E-state index in [1.807, 2.05) is 30.3 Å². The smallest absolute Gasteiger partial charge is 0.748 e. The van der Waals surface area contributed by atoms with Crippen molar-refractivity contribution in [2.24, 2.45) is 0 Å². The average Bonchev–Trinajstić information content (AvgIpc) is 2.76. The summed E-state index contributed by atoms with van der Waals surface area (Å²) in [6.07, 6.45) is 0.314. The molecular weight excluding hydrogens is 359 g/mol. The molecule has 0 spiro atoms. The summed E-state index contributed by atoms with van der Waals surface area (Å²) in [4.78, 5) is 0. The van der Waals surface area contributed by atoms with Crippen molar-refractivity contribution < 1.29 is 42.5 Å². The van der Waals surface area contributed by atoms with E-state index in [0.717, 1.165) is 10.0 Å². The van der Waals surface area contributed by atoms with Crippen LogP contribution in [-0.4, -0.2) is 34.3 Å². The van der Waals surface area contributed by atoms with Crippen molar-refractivity contribution in [2.75, 3.05) is 11.5 Å². The maximum Gasteiger partial charge on any atom is 1.00 e. The van der Waals surface area contributed by atoms with E-state index >= 15 is 0 Å². The molecule has 0 aliphatic carbocycles. The molecule has 0 saturated carbocycles. The molecule has 0 N–H and O–H groups in total. The Hall–Kier alpha value is 0.260. The average molecular weight is 370 g/mol. The molecule has 0 amide bonds. The molecule has 108 valence electrons. The molecule has 0 bridgehead atoms. The Bertz CT molecular complexity index is 727.